The summed E-state index contributed by atoms with van der Waals surface area (Å²) in [5.41, 5.74) is 4.51. The minimum absolute atomic E-state index is 1.08. The van der Waals surface area contributed by atoms with Gasteiger partial charge < -0.3 is 0 Å². The van der Waals surface area contributed by atoms with Crippen molar-refractivity contribution in [2.45, 2.75) is 58.8 Å². The third-order valence-electron chi connectivity index (χ3n) is 3.14. The Morgan fingerprint density at radius 3 is 1.88 bits per heavy atom. The van der Waals surface area contributed by atoms with Crippen LogP contribution in [0.15, 0.2) is 18.2 Å². The summed E-state index contributed by atoms with van der Waals surface area (Å²) in [6.45, 7) is 8.36. The third kappa shape index (κ3) is 4.38. The van der Waals surface area contributed by atoms with E-state index in [1.54, 1.807) is 0 Å². The van der Waals surface area contributed by atoms with Crippen LogP contribution in [-0.4, -0.2) is 0 Å². The van der Waals surface area contributed by atoms with Gasteiger partial charge in [0.05, 0.1) is 0 Å². The summed E-state index contributed by atoms with van der Waals surface area (Å²) in [5.74, 6) is 0. The molecule has 0 saturated carbocycles. The summed E-state index contributed by atoms with van der Waals surface area (Å²) >= 11 is 0. The molecule has 0 spiro atoms. The van der Waals surface area contributed by atoms with Crippen LogP contribution in [0.25, 0.3) is 0 Å². The van der Waals surface area contributed by atoms with E-state index in [-0.39, 0.29) is 0 Å². The Morgan fingerprint density at radius 1 is 0.812 bits per heavy atom. The van der Waals surface area contributed by atoms with Crippen molar-refractivity contribution in [1.29, 1.82) is 0 Å². The molecule has 0 nitrogen and oxygen atoms in total. The van der Waals surface area contributed by atoms with Crippen molar-refractivity contribution in [2.24, 2.45) is 0 Å². The molecule has 0 aromatic heterocycles. The lowest BCUT2D eigenvalue weighted by Gasteiger charge is -2.07. The van der Waals surface area contributed by atoms with Crippen LogP contribution >= 0.6 is 0 Å². The van der Waals surface area contributed by atoms with Gasteiger partial charge in [0.15, 0.2) is 0 Å². The molecule has 0 aliphatic heterocycles. The lowest BCUT2D eigenvalue weighted by atomic mass is 9.99. The van der Waals surface area contributed by atoms with Gasteiger partial charge in [0, 0.05) is 0 Å². The lowest BCUT2D eigenvalue weighted by Crippen LogP contribution is -1.92. The number of hydrogen-bond acceptors (Lipinski definition) is 0. The summed E-state index contributed by atoms with van der Waals surface area (Å²) in [4.78, 5) is 0. The third-order valence-corrected chi connectivity index (χ3v) is 3.14. The van der Waals surface area contributed by atoms with Gasteiger partial charge in [0.2, 0.25) is 0 Å². The Labute approximate surface area is 101 Å². The molecule has 1 radical (unpaired) electrons. The van der Waals surface area contributed by atoms with Gasteiger partial charge in [-0.3, -0.25) is 0 Å². The maximum atomic E-state index is 3.88. The first-order chi connectivity index (χ1) is 7.80. The van der Waals surface area contributed by atoms with Crippen LogP contribution in [0.4, 0.5) is 0 Å². The molecule has 0 aliphatic carbocycles. The highest BCUT2D eigenvalue weighted by Gasteiger charge is 1.99. The molecular weight excluding hydrogens is 192 g/mol. The van der Waals surface area contributed by atoms with Crippen molar-refractivity contribution in [2.75, 3.05) is 0 Å². The van der Waals surface area contributed by atoms with Gasteiger partial charge in [0.25, 0.3) is 0 Å². The number of benzene rings is 1. The van der Waals surface area contributed by atoms with Gasteiger partial charge in [-0.15, -0.1) is 0 Å². The molecule has 0 saturated heterocycles. The zero-order valence-electron chi connectivity index (χ0n) is 10.9. The van der Waals surface area contributed by atoms with Crippen LogP contribution in [0.2, 0.25) is 0 Å². The maximum Gasteiger partial charge on any atom is -0.0279 e. The van der Waals surface area contributed by atoms with Gasteiger partial charge in [-0.25, -0.2) is 0 Å². The standard InChI is InChI=1S/C16H25/c1-4-7-8-9-10-16-12-14(5-2)11-15(6-3)13-16/h11-13H,1,4-10H2,2-3H3. The molecule has 0 bridgehead atoms. The predicted molar refractivity (Wildman–Crippen MR) is 72.7 cm³/mol. The Hall–Kier alpha value is -0.780. The Kier molecular flexibility index (Phi) is 6.22. The van der Waals surface area contributed by atoms with Crippen LogP contribution in [0.3, 0.4) is 0 Å². The smallest absolute Gasteiger partial charge is 0.0279 e. The summed E-state index contributed by atoms with van der Waals surface area (Å²) in [6.07, 6.45) is 8.52. The summed E-state index contributed by atoms with van der Waals surface area (Å²) in [6, 6.07) is 7.10. The highest BCUT2D eigenvalue weighted by Crippen LogP contribution is 2.15. The molecule has 16 heavy (non-hydrogen) atoms. The molecule has 1 rings (SSSR count). The fraction of sp³-hybridized carbons (Fsp3) is 0.562. The molecule has 89 valence electrons. The first-order valence-electron chi connectivity index (χ1n) is 6.71. The van der Waals surface area contributed by atoms with E-state index in [0.717, 1.165) is 19.3 Å². The number of aryl methyl sites for hydroxylation is 3. The molecule has 1 aromatic rings. The van der Waals surface area contributed by atoms with E-state index in [1.807, 2.05) is 0 Å². The van der Waals surface area contributed by atoms with Crippen LogP contribution in [0.1, 0.15) is 56.2 Å². The lowest BCUT2D eigenvalue weighted by molar-refractivity contribution is 0.685. The first kappa shape index (κ1) is 13.3. The second kappa shape index (κ2) is 7.49. The fourth-order valence-electron chi connectivity index (χ4n) is 2.07. The van der Waals surface area contributed by atoms with E-state index in [2.05, 4.69) is 39.0 Å². The van der Waals surface area contributed by atoms with Crippen molar-refractivity contribution in [1.82, 2.24) is 0 Å². The highest BCUT2D eigenvalue weighted by atomic mass is 14.0. The normalized spacial score (nSPS) is 10.7. The molecule has 0 amide bonds. The second-order valence-corrected chi connectivity index (χ2v) is 4.53. The molecule has 1 aromatic carbocycles. The Balaban J connectivity index is 2.57. The van der Waals surface area contributed by atoms with E-state index in [4.69, 9.17) is 0 Å². The number of rotatable bonds is 7. The van der Waals surface area contributed by atoms with Crippen molar-refractivity contribution < 1.29 is 0 Å². The second-order valence-electron chi connectivity index (χ2n) is 4.53. The molecule has 0 aliphatic rings. The highest BCUT2D eigenvalue weighted by molar-refractivity contribution is 5.30. The Bertz CT molecular complexity index is 277. The quantitative estimate of drug-likeness (QED) is 0.578. The van der Waals surface area contributed by atoms with E-state index in [9.17, 15) is 0 Å². The van der Waals surface area contributed by atoms with E-state index in [0.29, 0.717) is 0 Å². The van der Waals surface area contributed by atoms with E-state index in [1.165, 1.54) is 42.4 Å². The minimum Gasteiger partial charge on any atom is -0.0613 e. The van der Waals surface area contributed by atoms with Crippen molar-refractivity contribution in [3.8, 4) is 0 Å². The van der Waals surface area contributed by atoms with Crippen LogP contribution < -0.4 is 0 Å². The fourth-order valence-corrected chi connectivity index (χ4v) is 2.07. The molecule has 0 N–H and O–H groups in total. The van der Waals surface area contributed by atoms with Crippen LogP contribution in [0, 0.1) is 6.92 Å². The van der Waals surface area contributed by atoms with Gasteiger partial charge in [-0.1, -0.05) is 58.2 Å². The topological polar surface area (TPSA) is 0 Å². The summed E-state index contributed by atoms with van der Waals surface area (Å²) < 4.78 is 0. The van der Waals surface area contributed by atoms with Crippen molar-refractivity contribution in [3.63, 3.8) is 0 Å². The van der Waals surface area contributed by atoms with Crippen molar-refractivity contribution >= 4 is 0 Å². The monoisotopic (exact) mass is 217 g/mol. The largest absolute Gasteiger partial charge is 0.0613 e. The van der Waals surface area contributed by atoms with Gasteiger partial charge in [-0.2, -0.15) is 0 Å². The molecule has 0 unspecified atom stereocenters. The van der Waals surface area contributed by atoms with Gasteiger partial charge >= 0.3 is 0 Å². The average Bonchev–Trinajstić information content (AvgIpc) is 2.34. The molecule has 0 atom stereocenters. The minimum atomic E-state index is 1.08. The van der Waals surface area contributed by atoms with Gasteiger partial charge in [0.1, 0.15) is 0 Å². The predicted octanol–water partition coefficient (Wildman–Crippen LogP) is 4.75. The first-order valence-corrected chi connectivity index (χ1v) is 6.71. The Morgan fingerprint density at radius 2 is 1.38 bits per heavy atom. The molecule has 0 heterocycles. The van der Waals surface area contributed by atoms with Gasteiger partial charge in [-0.05, 0) is 42.4 Å². The van der Waals surface area contributed by atoms with Crippen LogP contribution in [0.5, 0.6) is 0 Å². The summed E-state index contributed by atoms with van der Waals surface area (Å²) in [5, 5.41) is 0. The average molecular weight is 217 g/mol. The molecule has 0 heteroatoms. The van der Waals surface area contributed by atoms with Crippen molar-refractivity contribution in [3.05, 3.63) is 41.8 Å². The zero-order valence-corrected chi connectivity index (χ0v) is 10.9. The van der Waals surface area contributed by atoms with Crippen LogP contribution in [-0.2, 0) is 19.3 Å². The number of unbranched alkanes of at least 4 members (excludes halogenated alkanes) is 3. The van der Waals surface area contributed by atoms with E-state index < -0.39 is 0 Å². The summed E-state index contributed by atoms with van der Waals surface area (Å²) in [7, 11) is 0. The van der Waals surface area contributed by atoms with E-state index >= 15 is 0 Å². The number of hydrogen-bond donors (Lipinski definition) is 0. The molecule has 0 fully saturated rings. The zero-order chi connectivity index (χ0) is 11.8. The molecular formula is C16H25. The maximum absolute atomic E-state index is 3.88. The SMILES string of the molecule is [CH2]CCCCCc1cc(CC)cc(CC)c1.